The van der Waals surface area contributed by atoms with E-state index in [0.717, 1.165) is 16.9 Å². The Bertz CT molecular complexity index is 872. The lowest BCUT2D eigenvalue weighted by Crippen LogP contribution is -3.15. The van der Waals surface area contributed by atoms with E-state index in [1.807, 2.05) is 6.92 Å². The molecule has 1 aromatic heterocycles. The highest BCUT2D eigenvalue weighted by atomic mass is 32.2. The van der Waals surface area contributed by atoms with Crippen molar-refractivity contribution in [1.82, 2.24) is 9.62 Å². The summed E-state index contributed by atoms with van der Waals surface area (Å²) in [5, 5.41) is 4.90. The zero-order chi connectivity index (χ0) is 20.1. The molecular weight excluding hydrogens is 394 g/mol. The summed E-state index contributed by atoms with van der Waals surface area (Å²) in [6, 6.07) is 11.6. The third kappa shape index (κ3) is 5.00. The third-order valence-electron chi connectivity index (χ3n) is 5.15. The van der Waals surface area contributed by atoms with Crippen LogP contribution in [0.25, 0.3) is 0 Å². The van der Waals surface area contributed by atoms with Gasteiger partial charge in [-0.3, -0.25) is 4.79 Å². The fraction of sp³-hybridized carbons (Fsp3) is 0.450. The lowest BCUT2D eigenvalue weighted by molar-refractivity contribution is -0.895. The summed E-state index contributed by atoms with van der Waals surface area (Å²) in [4.78, 5) is 13.6. The van der Waals surface area contributed by atoms with Crippen LogP contribution in [0.15, 0.2) is 46.0 Å². The molecule has 0 saturated carbocycles. The molecule has 1 fully saturated rings. The van der Waals surface area contributed by atoms with Crippen molar-refractivity contribution in [2.45, 2.75) is 30.5 Å². The first-order chi connectivity index (χ1) is 13.4. The molecule has 0 spiro atoms. The van der Waals surface area contributed by atoms with Gasteiger partial charge in [0.15, 0.2) is 6.54 Å². The predicted octanol–water partition coefficient (Wildman–Crippen LogP) is 1.21. The topological polar surface area (TPSA) is 70.9 Å². The maximum atomic E-state index is 12.6. The molecule has 3 rings (SSSR count). The second-order valence-corrected chi connectivity index (χ2v) is 10.3. The number of benzene rings is 1. The number of nitrogens with one attached hydrogen (secondary N) is 2. The van der Waals surface area contributed by atoms with Crippen LogP contribution in [-0.4, -0.2) is 51.4 Å². The van der Waals surface area contributed by atoms with Gasteiger partial charge in [0, 0.05) is 0 Å². The molecule has 2 aromatic rings. The van der Waals surface area contributed by atoms with E-state index >= 15 is 0 Å². The van der Waals surface area contributed by atoms with E-state index in [2.05, 4.69) is 36.5 Å². The molecule has 2 N–H and O–H groups in total. The maximum absolute atomic E-state index is 12.6. The van der Waals surface area contributed by atoms with Gasteiger partial charge in [-0.2, -0.15) is 4.31 Å². The van der Waals surface area contributed by atoms with Gasteiger partial charge < -0.3 is 10.2 Å². The van der Waals surface area contributed by atoms with Gasteiger partial charge >= 0.3 is 0 Å². The largest absolute Gasteiger partial charge is 0.344 e. The standard InChI is InChI=1S/C20H27N3O3S2/c1-3-18(17-8-6-16(2)7-9-17)21-19(24)15-22-10-12-23(13-11-22)28(25,26)20-5-4-14-27-20/h4-9,14,18H,3,10-13,15H2,1-2H3,(H,21,24)/p+1/t18-/m1/s1. The summed E-state index contributed by atoms with van der Waals surface area (Å²) < 4.78 is 27.1. The fourth-order valence-corrected chi connectivity index (χ4v) is 6.04. The second kappa shape index (κ2) is 9.17. The third-order valence-corrected chi connectivity index (χ3v) is 8.42. The van der Waals surface area contributed by atoms with Gasteiger partial charge in [-0.1, -0.05) is 42.8 Å². The van der Waals surface area contributed by atoms with Gasteiger partial charge in [0.25, 0.3) is 15.9 Å². The average Bonchev–Trinajstić information content (AvgIpc) is 3.23. The van der Waals surface area contributed by atoms with E-state index in [-0.39, 0.29) is 11.9 Å². The average molecular weight is 423 g/mol. The molecule has 6 nitrogen and oxygen atoms in total. The van der Waals surface area contributed by atoms with Crippen molar-refractivity contribution in [3.8, 4) is 0 Å². The number of rotatable bonds is 7. The molecule has 1 aliphatic heterocycles. The Kier molecular flexibility index (Phi) is 6.87. The quantitative estimate of drug-likeness (QED) is 0.705. The zero-order valence-corrected chi connectivity index (χ0v) is 18.0. The molecule has 1 amide bonds. The van der Waals surface area contributed by atoms with E-state index < -0.39 is 10.0 Å². The zero-order valence-electron chi connectivity index (χ0n) is 16.3. The van der Waals surface area contributed by atoms with Crippen LogP contribution in [0.4, 0.5) is 0 Å². The number of carbonyl (C=O) groups excluding carboxylic acids is 1. The molecule has 1 atom stereocenters. The first kappa shape index (κ1) is 21.0. The van der Waals surface area contributed by atoms with Gasteiger partial charge in [0.1, 0.15) is 4.21 Å². The van der Waals surface area contributed by atoms with Gasteiger partial charge in [0.05, 0.1) is 32.2 Å². The van der Waals surface area contributed by atoms with Crippen molar-refractivity contribution in [2.75, 3.05) is 32.7 Å². The Balaban J connectivity index is 1.51. The minimum absolute atomic E-state index is 0.00740. The summed E-state index contributed by atoms with van der Waals surface area (Å²) in [7, 11) is -3.40. The Morgan fingerprint density at radius 2 is 1.89 bits per heavy atom. The van der Waals surface area contributed by atoms with Crippen LogP contribution in [0.5, 0.6) is 0 Å². The highest BCUT2D eigenvalue weighted by Gasteiger charge is 2.31. The fourth-order valence-electron chi connectivity index (χ4n) is 3.45. The molecule has 8 heteroatoms. The van der Waals surface area contributed by atoms with Crippen LogP contribution in [0.3, 0.4) is 0 Å². The van der Waals surface area contributed by atoms with Crippen LogP contribution in [-0.2, 0) is 14.8 Å². The van der Waals surface area contributed by atoms with Crippen molar-refractivity contribution in [2.24, 2.45) is 0 Å². The predicted molar refractivity (Wildman–Crippen MR) is 111 cm³/mol. The molecule has 1 aromatic carbocycles. The van der Waals surface area contributed by atoms with Crippen LogP contribution in [0.2, 0.25) is 0 Å². The molecule has 2 heterocycles. The molecule has 0 aliphatic carbocycles. The van der Waals surface area contributed by atoms with Gasteiger partial charge in [0.2, 0.25) is 0 Å². The van der Waals surface area contributed by atoms with E-state index in [1.165, 1.54) is 21.2 Å². The molecule has 0 radical (unpaired) electrons. The lowest BCUT2D eigenvalue weighted by Gasteiger charge is -2.31. The highest BCUT2D eigenvalue weighted by Crippen LogP contribution is 2.20. The second-order valence-electron chi connectivity index (χ2n) is 7.20. The number of quaternary nitrogens is 1. The Morgan fingerprint density at radius 1 is 1.21 bits per heavy atom. The molecular formula is C20H28N3O3S2+. The number of hydrogen-bond acceptors (Lipinski definition) is 4. The molecule has 0 bridgehead atoms. The van der Waals surface area contributed by atoms with Crippen LogP contribution in [0, 0.1) is 6.92 Å². The minimum atomic E-state index is -3.40. The Hall–Kier alpha value is -1.74. The van der Waals surface area contributed by atoms with Crippen LogP contribution in [0.1, 0.15) is 30.5 Å². The number of nitrogens with zero attached hydrogens (tertiary/aromatic N) is 1. The van der Waals surface area contributed by atoms with Crippen molar-refractivity contribution in [3.05, 3.63) is 52.9 Å². The van der Waals surface area contributed by atoms with Crippen molar-refractivity contribution in [1.29, 1.82) is 0 Å². The maximum Gasteiger partial charge on any atom is 0.275 e. The Labute approximate surface area is 171 Å². The summed E-state index contributed by atoms with van der Waals surface area (Å²) in [5.74, 6) is 0.0111. The lowest BCUT2D eigenvalue weighted by atomic mass is 10.0. The van der Waals surface area contributed by atoms with E-state index in [9.17, 15) is 13.2 Å². The minimum Gasteiger partial charge on any atom is -0.344 e. The number of hydrogen-bond donors (Lipinski definition) is 2. The summed E-state index contributed by atoms with van der Waals surface area (Å²) in [6.07, 6.45) is 0.830. The van der Waals surface area contributed by atoms with Gasteiger partial charge in [-0.25, -0.2) is 8.42 Å². The molecule has 1 aliphatic rings. The van der Waals surface area contributed by atoms with Crippen molar-refractivity contribution >= 4 is 27.3 Å². The first-order valence-corrected chi connectivity index (χ1v) is 11.9. The van der Waals surface area contributed by atoms with Crippen molar-refractivity contribution < 1.29 is 18.1 Å². The molecule has 0 unspecified atom stereocenters. The SMILES string of the molecule is CC[C@@H](NC(=O)C[NH+]1CCN(S(=O)(=O)c2cccs2)CC1)c1ccc(C)cc1. The first-order valence-electron chi connectivity index (χ1n) is 9.63. The smallest absolute Gasteiger partial charge is 0.275 e. The van der Waals surface area contributed by atoms with Crippen LogP contribution >= 0.6 is 11.3 Å². The normalized spacial score (nSPS) is 17.4. The van der Waals surface area contributed by atoms with E-state index in [4.69, 9.17) is 0 Å². The summed E-state index contributed by atoms with van der Waals surface area (Å²) in [6.45, 7) is 6.64. The number of sulfonamides is 1. The number of piperazine rings is 1. The number of thiophene rings is 1. The van der Waals surface area contributed by atoms with Gasteiger partial charge in [-0.15, -0.1) is 11.3 Å². The van der Waals surface area contributed by atoms with Crippen LogP contribution < -0.4 is 10.2 Å². The number of aryl methyl sites for hydroxylation is 1. The van der Waals surface area contributed by atoms with E-state index in [1.54, 1.807) is 17.5 Å². The Morgan fingerprint density at radius 3 is 2.46 bits per heavy atom. The molecule has 28 heavy (non-hydrogen) atoms. The number of amides is 1. The highest BCUT2D eigenvalue weighted by molar-refractivity contribution is 7.91. The molecule has 1 saturated heterocycles. The van der Waals surface area contributed by atoms with E-state index in [0.29, 0.717) is 36.9 Å². The van der Waals surface area contributed by atoms with Crippen molar-refractivity contribution in [3.63, 3.8) is 0 Å². The monoisotopic (exact) mass is 422 g/mol. The summed E-state index contributed by atoms with van der Waals surface area (Å²) in [5.41, 5.74) is 2.31. The summed E-state index contributed by atoms with van der Waals surface area (Å²) >= 11 is 1.24. The number of carbonyl (C=O) groups is 1. The van der Waals surface area contributed by atoms with Gasteiger partial charge in [-0.05, 0) is 30.4 Å². The molecule has 152 valence electrons.